The van der Waals surface area contributed by atoms with Crippen LogP contribution < -0.4 is 10.6 Å². The number of carbonyl (C=O) groups excluding carboxylic acids is 3. The summed E-state index contributed by atoms with van der Waals surface area (Å²) in [4.78, 5) is 38.6. The molecule has 1 heterocycles. The molecule has 6 heteroatoms. The maximum atomic E-state index is 12.5. The number of hydrogen-bond donors (Lipinski definition) is 2. The number of fused-ring (bicyclic) bond motifs is 1. The zero-order valence-corrected chi connectivity index (χ0v) is 16.8. The largest absolute Gasteiger partial charge is 0.380 e. The number of nitrogens with one attached hydrogen (secondary N) is 2. The summed E-state index contributed by atoms with van der Waals surface area (Å²) >= 11 is 0. The third-order valence-electron chi connectivity index (χ3n) is 5.94. The Morgan fingerprint density at radius 2 is 1.68 bits per heavy atom. The molecule has 1 saturated heterocycles. The average molecular weight is 386 g/mol. The Kier molecular flexibility index (Phi) is 6.70. The molecule has 3 amide bonds. The van der Waals surface area contributed by atoms with E-state index in [-0.39, 0.29) is 48.6 Å². The molecule has 0 bridgehead atoms. The highest BCUT2D eigenvalue weighted by Gasteiger charge is 2.47. The fraction of sp³-hybridized carbons (Fsp3) is 0.591. The van der Waals surface area contributed by atoms with Crippen LogP contribution in [0.2, 0.25) is 0 Å². The second-order valence-corrected chi connectivity index (χ2v) is 8.24. The van der Waals surface area contributed by atoms with Crippen LogP contribution in [0.1, 0.15) is 46.0 Å². The molecular weight excluding hydrogens is 354 g/mol. The van der Waals surface area contributed by atoms with Gasteiger partial charge in [-0.15, -0.1) is 0 Å². The van der Waals surface area contributed by atoms with Crippen molar-refractivity contribution in [2.75, 3.05) is 18.4 Å². The van der Waals surface area contributed by atoms with Crippen molar-refractivity contribution in [3.63, 3.8) is 0 Å². The molecule has 1 aliphatic carbocycles. The molecule has 1 aliphatic heterocycles. The molecule has 2 N–H and O–H groups in total. The summed E-state index contributed by atoms with van der Waals surface area (Å²) in [6, 6.07) is 10.0. The lowest BCUT2D eigenvalue weighted by Gasteiger charge is -2.24. The van der Waals surface area contributed by atoms with Gasteiger partial charge in [0.2, 0.25) is 17.7 Å². The first-order valence-electron chi connectivity index (χ1n) is 10.4. The molecule has 2 fully saturated rings. The zero-order chi connectivity index (χ0) is 20.1. The van der Waals surface area contributed by atoms with Gasteiger partial charge in [-0.3, -0.25) is 19.3 Å². The lowest BCUT2D eigenvalue weighted by Crippen LogP contribution is -2.41. The van der Waals surface area contributed by atoms with Crippen molar-refractivity contribution < 1.29 is 14.4 Å². The molecule has 1 aromatic carbocycles. The first kappa shape index (κ1) is 20.4. The van der Waals surface area contributed by atoms with Gasteiger partial charge in [0.15, 0.2) is 0 Å². The Morgan fingerprint density at radius 3 is 2.25 bits per heavy atom. The molecule has 2 aliphatic rings. The van der Waals surface area contributed by atoms with E-state index in [9.17, 15) is 14.4 Å². The summed E-state index contributed by atoms with van der Waals surface area (Å²) in [7, 11) is 0. The second-order valence-electron chi connectivity index (χ2n) is 8.24. The molecular formula is C22H31N3O3. The predicted octanol–water partition coefficient (Wildman–Crippen LogP) is 2.80. The number of amides is 3. The highest BCUT2D eigenvalue weighted by Crippen LogP contribution is 2.37. The van der Waals surface area contributed by atoms with Gasteiger partial charge in [-0.1, -0.05) is 44.9 Å². The van der Waals surface area contributed by atoms with Crippen LogP contribution in [0.4, 0.5) is 5.69 Å². The number of likely N-dealkylation sites (tertiary alicyclic amines) is 1. The van der Waals surface area contributed by atoms with Gasteiger partial charge in [-0.2, -0.15) is 0 Å². The van der Waals surface area contributed by atoms with E-state index < -0.39 is 0 Å². The SMILES string of the molecule is CC(C)C(CNC(=O)CCN1C(=O)C2CCCCC2C1=O)Nc1ccccc1. The van der Waals surface area contributed by atoms with Crippen molar-refractivity contribution in [2.45, 2.75) is 52.0 Å². The summed E-state index contributed by atoms with van der Waals surface area (Å²) in [5.74, 6) is -0.239. The van der Waals surface area contributed by atoms with E-state index in [4.69, 9.17) is 0 Å². The average Bonchev–Trinajstić information content (AvgIpc) is 2.94. The Bertz CT molecular complexity index is 680. The summed E-state index contributed by atoms with van der Waals surface area (Å²) in [5.41, 5.74) is 1.02. The van der Waals surface area contributed by atoms with Gasteiger partial charge in [-0.25, -0.2) is 0 Å². The number of nitrogens with zero attached hydrogens (tertiary/aromatic N) is 1. The van der Waals surface area contributed by atoms with Gasteiger partial charge < -0.3 is 10.6 Å². The Morgan fingerprint density at radius 1 is 1.07 bits per heavy atom. The first-order valence-corrected chi connectivity index (χ1v) is 10.4. The normalized spacial score (nSPS) is 22.9. The number of para-hydroxylation sites is 1. The highest BCUT2D eigenvalue weighted by molar-refractivity contribution is 6.05. The molecule has 0 radical (unpaired) electrons. The lowest BCUT2D eigenvalue weighted by molar-refractivity contribution is -0.140. The maximum absolute atomic E-state index is 12.5. The third kappa shape index (κ3) is 4.72. The van der Waals surface area contributed by atoms with Gasteiger partial charge >= 0.3 is 0 Å². The van der Waals surface area contributed by atoms with Crippen molar-refractivity contribution in [3.05, 3.63) is 30.3 Å². The van der Waals surface area contributed by atoms with E-state index in [1.54, 1.807) is 0 Å². The van der Waals surface area contributed by atoms with Crippen LogP contribution in [0.5, 0.6) is 0 Å². The second kappa shape index (κ2) is 9.22. The Balaban J connectivity index is 1.47. The van der Waals surface area contributed by atoms with Crippen molar-refractivity contribution in [3.8, 4) is 0 Å². The lowest BCUT2D eigenvalue weighted by atomic mass is 9.81. The van der Waals surface area contributed by atoms with Gasteiger partial charge in [-0.05, 0) is 30.9 Å². The van der Waals surface area contributed by atoms with E-state index >= 15 is 0 Å². The first-order chi connectivity index (χ1) is 13.5. The number of imide groups is 1. The minimum Gasteiger partial charge on any atom is -0.380 e. The Labute approximate surface area is 167 Å². The smallest absolute Gasteiger partial charge is 0.233 e. The molecule has 6 nitrogen and oxygen atoms in total. The van der Waals surface area contributed by atoms with Crippen molar-refractivity contribution in [2.24, 2.45) is 17.8 Å². The number of rotatable bonds is 8. The van der Waals surface area contributed by atoms with Gasteiger partial charge in [0.05, 0.1) is 11.8 Å². The van der Waals surface area contributed by atoms with E-state index in [1.165, 1.54) is 4.90 Å². The molecule has 0 aromatic heterocycles. The van der Waals surface area contributed by atoms with Crippen LogP contribution in [-0.4, -0.2) is 41.8 Å². The highest BCUT2D eigenvalue weighted by atomic mass is 16.2. The predicted molar refractivity (Wildman–Crippen MR) is 108 cm³/mol. The fourth-order valence-electron chi connectivity index (χ4n) is 4.18. The van der Waals surface area contributed by atoms with Crippen LogP contribution in [0.25, 0.3) is 0 Å². The maximum Gasteiger partial charge on any atom is 0.233 e. The molecule has 3 unspecified atom stereocenters. The molecule has 1 aromatic rings. The van der Waals surface area contributed by atoms with E-state index in [1.807, 2.05) is 30.3 Å². The van der Waals surface area contributed by atoms with Crippen molar-refractivity contribution in [1.82, 2.24) is 10.2 Å². The van der Waals surface area contributed by atoms with Gasteiger partial charge in [0.1, 0.15) is 0 Å². The van der Waals surface area contributed by atoms with Crippen LogP contribution in [0.15, 0.2) is 30.3 Å². The molecule has 1 saturated carbocycles. The molecule has 3 rings (SSSR count). The minimum atomic E-state index is -0.148. The number of anilines is 1. The number of benzene rings is 1. The standard InChI is InChI=1S/C22H31N3O3/c1-15(2)19(24-16-8-4-3-5-9-16)14-23-20(26)12-13-25-21(27)17-10-6-7-11-18(17)22(25)28/h3-5,8-9,15,17-19,24H,6-7,10-14H2,1-2H3,(H,23,26). The number of hydrogen-bond acceptors (Lipinski definition) is 4. The van der Waals surface area contributed by atoms with Gasteiger partial charge in [0, 0.05) is 31.2 Å². The molecule has 0 spiro atoms. The van der Waals surface area contributed by atoms with Crippen LogP contribution >= 0.6 is 0 Å². The topological polar surface area (TPSA) is 78.5 Å². The van der Waals surface area contributed by atoms with E-state index in [0.29, 0.717) is 12.5 Å². The van der Waals surface area contributed by atoms with Crippen LogP contribution in [0, 0.1) is 17.8 Å². The van der Waals surface area contributed by atoms with E-state index in [2.05, 4.69) is 24.5 Å². The molecule has 28 heavy (non-hydrogen) atoms. The third-order valence-corrected chi connectivity index (χ3v) is 5.94. The number of carbonyl (C=O) groups is 3. The zero-order valence-electron chi connectivity index (χ0n) is 16.8. The molecule has 3 atom stereocenters. The van der Waals surface area contributed by atoms with Crippen molar-refractivity contribution in [1.29, 1.82) is 0 Å². The monoisotopic (exact) mass is 385 g/mol. The van der Waals surface area contributed by atoms with Crippen LogP contribution in [-0.2, 0) is 14.4 Å². The Hall–Kier alpha value is -2.37. The van der Waals surface area contributed by atoms with Crippen molar-refractivity contribution >= 4 is 23.4 Å². The minimum absolute atomic E-state index is 0.0756. The fourth-order valence-corrected chi connectivity index (χ4v) is 4.18. The van der Waals surface area contributed by atoms with E-state index in [0.717, 1.165) is 31.4 Å². The summed E-state index contributed by atoms with van der Waals surface area (Å²) in [5, 5.41) is 6.40. The quantitative estimate of drug-likeness (QED) is 0.675. The molecule has 152 valence electrons. The summed E-state index contributed by atoms with van der Waals surface area (Å²) < 4.78 is 0. The summed E-state index contributed by atoms with van der Waals surface area (Å²) in [6.45, 7) is 4.90. The van der Waals surface area contributed by atoms with Crippen LogP contribution in [0.3, 0.4) is 0 Å². The summed E-state index contributed by atoms with van der Waals surface area (Å²) in [6.07, 6.45) is 3.80. The van der Waals surface area contributed by atoms with Gasteiger partial charge in [0.25, 0.3) is 0 Å².